The number of ether oxygens (including phenoxy) is 5. The van der Waals surface area contributed by atoms with Crippen molar-refractivity contribution < 1.29 is 71.6 Å². The molecule has 6 amide bonds. The van der Waals surface area contributed by atoms with Crippen LogP contribution in [0.1, 0.15) is 68.1 Å². The summed E-state index contributed by atoms with van der Waals surface area (Å²) in [7, 11) is 18.5. The molecule has 7 aromatic rings. The average molecular weight is 2120 g/mol. The van der Waals surface area contributed by atoms with Crippen LogP contribution in [0.5, 0.6) is 0 Å². The molecule has 0 aliphatic carbocycles. The SMILES string of the molecule is C=CCOC(=O)Cl.C=CCOC(=O)NCCc1cccc(C)c1.C=CCOC(=O)NCCc1cccc(N)c1.C=CCOC(=O)NCCc1cccc(NC(=O)CCl)c1.C=CCOC(=O)NCCc1cccc(NC(=O)C[N+]2(C)CCN(C)CC2)c1.CC#N.CN1CCN(C)CC1.Cc1cccc(CCN)c1.Cc1cccc(CCN=[N+]=[N-])c1.Cc1cccc(CCO)c1.O=C(Cl)CCl.[Cl][Sn][Cl]. The summed E-state index contributed by atoms with van der Waals surface area (Å²) < 4.78 is 24.2. The van der Waals surface area contributed by atoms with E-state index in [1.165, 1.54) is 102 Å². The fourth-order valence-corrected chi connectivity index (χ4v) is 11.4. The summed E-state index contributed by atoms with van der Waals surface area (Å²) in [6.45, 7) is 40.8. The Morgan fingerprint density at radius 1 is 0.489 bits per heavy atom. The molecule has 0 aromatic heterocycles. The van der Waals surface area contributed by atoms with E-state index >= 15 is 0 Å². The molecule has 2 aliphatic rings. The first kappa shape index (κ1) is 130. The van der Waals surface area contributed by atoms with Crippen molar-refractivity contribution in [3.63, 3.8) is 0 Å². The Kier molecular flexibility index (Phi) is 83.8. The minimum atomic E-state index is -0.826. The molecule has 0 atom stereocenters. The second-order valence-electron chi connectivity index (χ2n) is 30.1. The molecule has 30 nitrogen and oxygen atoms in total. The number of quaternary nitrogens is 1. The number of aryl methyl sites for hydroxylation is 4. The number of hydrogen-bond acceptors (Lipinski definition) is 21. The summed E-state index contributed by atoms with van der Waals surface area (Å²) in [5.41, 5.74) is 33.6. The van der Waals surface area contributed by atoms with E-state index in [1.54, 1.807) is 18.2 Å². The van der Waals surface area contributed by atoms with Crippen molar-refractivity contribution in [1.82, 2.24) is 36.0 Å². The third kappa shape index (κ3) is 81.1. The van der Waals surface area contributed by atoms with Gasteiger partial charge in [0, 0.05) is 119 Å². The third-order valence-corrected chi connectivity index (χ3v) is 18.9. The number of aliphatic hydroxyl groups excluding tert-OH is 1. The molecule has 2 radical (unpaired) electrons. The quantitative estimate of drug-likeness (QED) is 0.00170. The molecule has 37 heteroatoms. The number of carbonyl (C=O) groups is 8. The topological polar surface area (TPSA) is 409 Å². The van der Waals surface area contributed by atoms with Crippen LogP contribution in [0.15, 0.2) is 238 Å². The number of carbonyl (C=O) groups excluding carboxylic acids is 8. The summed E-state index contributed by atoms with van der Waals surface area (Å²) in [6, 6.07) is 57.5. The van der Waals surface area contributed by atoms with Gasteiger partial charge in [0.2, 0.25) is 11.1 Å². The van der Waals surface area contributed by atoms with Gasteiger partial charge in [0.15, 0.2) is 6.54 Å². The minimum absolute atomic E-state index is 0.0327. The number of nitrogen functional groups attached to an aromatic ring is 1. The summed E-state index contributed by atoms with van der Waals surface area (Å²) in [4.78, 5) is 97.2. The number of amides is 6. The van der Waals surface area contributed by atoms with Gasteiger partial charge in [-0.2, -0.15) is 5.26 Å². The molecule has 2 aliphatic heterocycles. The second kappa shape index (κ2) is 88.0. The van der Waals surface area contributed by atoms with Gasteiger partial charge in [-0.3, -0.25) is 19.3 Å². The monoisotopic (exact) mass is 2120 g/mol. The van der Waals surface area contributed by atoms with Crippen molar-refractivity contribution in [2.75, 3.05) is 194 Å². The van der Waals surface area contributed by atoms with Crippen LogP contribution in [0.3, 0.4) is 0 Å². The van der Waals surface area contributed by atoms with E-state index in [4.69, 9.17) is 111 Å². The molecule has 11 N–H and O–H groups in total. The van der Waals surface area contributed by atoms with Gasteiger partial charge in [0.05, 0.1) is 32.1 Å². The number of hydrogen-bond donors (Lipinski definition) is 9. The number of nitrogens with two attached hydrogens (primary N) is 2. The van der Waals surface area contributed by atoms with E-state index in [-0.39, 0.29) is 63.2 Å². The van der Waals surface area contributed by atoms with Crippen molar-refractivity contribution in [2.24, 2.45) is 10.8 Å². The van der Waals surface area contributed by atoms with Crippen molar-refractivity contribution in [2.45, 2.75) is 79.6 Å². The fraction of sp³-hybridized carbons (Fsp3) is 0.390. The van der Waals surface area contributed by atoms with Gasteiger partial charge in [0.1, 0.15) is 38.9 Å². The number of anilines is 3. The Bertz CT molecular complexity index is 4530. The number of nitriles is 1. The Hall–Kier alpha value is -10.7. The van der Waals surface area contributed by atoms with Crippen LogP contribution in [0.25, 0.3) is 10.4 Å². The van der Waals surface area contributed by atoms with Crippen molar-refractivity contribution in [1.29, 1.82) is 5.26 Å². The maximum atomic E-state index is 12.5. The van der Waals surface area contributed by atoms with Crippen LogP contribution in [0.2, 0.25) is 0 Å². The molecular weight excluding hydrogens is 1980 g/mol. The number of halogens is 6. The van der Waals surface area contributed by atoms with Crippen LogP contribution in [-0.2, 0) is 83.0 Å². The van der Waals surface area contributed by atoms with E-state index in [2.05, 4.69) is 211 Å². The Morgan fingerprint density at radius 2 is 0.781 bits per heavy atom. The number of nitrogens with zero attached hydrogens (tertiary/aromatic N) is 8. The molecule has 0 spiro atoms. The number of alkyl carbamates (subject to hydrolysis) is 4. The van der Waals surface area contributed by atoms with Gasteiger partial charge < -0.3 is 86.4 Å². The van der Waals surface area contributed by atoms with E-state index < -0.39 is 53.9 Å². The standard InChI is InChI=1S/C20H30N4O3.C14H17ClN2O3.C13H17NO2.C12H16N2O2.C9H11N3.C9H13N.C9H12O.C6H14N2.C4H5ClO2.C2H2Cl2O.C2H3N.2ClH.Sn/c1-4-14-27-20(26)21-9-8-17-6-5-7-18(15-17)22-19(25)16-24(3)12-10-23(2)11-13-24;1-2-8-20-14(19)16-7-6-11-4-3-5-12(9-11)17-13(18)10-15;1-3-9-16-13(15)14-8-7-12-6-4-5-11(2)10-12;1-2-8-16-12(15)14-7-6-10-4-3-5-11(13)9-10;1-8-3-2-4-9(7-8)5-6-11-12-10;2*1-8-3-2-4-9(7-8)5-6-10;1-7-3-5-8(2)6-4-7;1-2-3-7-4(5)6;3-1-2(4)5;1-2-3;;;/h4-7,15H,1,8-14,16H2,2-3H3,(H-,21,22,25,26);2-5,9H,1,6-8,10H2,(H,16,19)(H,17,18);3-6,10H,1,7-9H2,2H3,(H,14,15);2-5,9H,1,6-8,13H2,(H,14,15);2-4,7H,5-6H2,1H3;2-4,7H,5-6,10H2,1H3;2-4,7,10H,5-6H2,1H3;3-6H2,1-2H3;2H,1,3H2;1H2;1H3;2*1H;/q;;;;;;;;;;;;;+2/p-1. The normalized spacial score (nSPS) is 11.5. The molecule has 2 fully saturated rings. The number of nitrogens with one attached hydrogen (secondary N) is 6. The Balaban J connectivity index is -0.00000149. The van der Waals surface area contributed by atoms with Crippen LogP contribution >= 0.6 is 64.2 Å². The van der Waals surface area contributed by atoms with E-state index in [1.807, 2.05) is 103 Å². The fourth-order valence-electron chi connectivity index (χ4n) is 11.3. The van der Waals surface area contributed by atoms with E-state index in [0.29, 0.717) is 57.8 Å². The van der Waals surface area contributed by atoms with E-state index in [9.17, 15) is 38.4 Å². The molecule has 0 unspecified atom stereocenters. The van der Waals surface area contributed by atoms with Gasteiger partial charge in [-0.15, -0.1) is 23.2 Å². The Morgan fingerprint density at radius 3 is 1.07 bits per heavy atom. The zero-order valence-electron chi connectivity index (χ0n) is 80.6. The predicted molar refractivity (Wildman–Crippen MR) is 562 cm³/mol. The van der Waals surface area contributed by atoms with Gasteiger partial charge in [-0.25, -0.2) is 24.0 Å². The molecule has 137 heavy (non-hydrogen) atoms. The summed E-state index contributed by atoms with van der Waals surface area (Å²) >= 11 is 18.9. The van der Waals surface area contributed by atoms with Crippen LogP contribution in [0, 0.1) is 39.0 Å². The number of piperazine rings is 2. The maximum absolute atomic E-state index is 12.5. The van der Waals surface area contributed by atoms with Crippen LogP contribution in [0.4, 0.5) is 41.0 Å². The van der Waals surface area contributed by atoms with Gasteiger partial charge in [-0.05, 0) is 193 Å². The van der Waals surface area contributed by atoms with Crippen molar-refractivity contribution >= 4 is 147 Å². The van der Waals surface area contributed by atoms with Crippen molar-refractivity contribution in [3.05, 3.63) is 305 Å². The number of rotatable bonds is 35. The molecule has 0 bridgehead atoms. The zero-order chi connectivity index (χ0) is 103. The number of alkyl halides is 2. The first-order chi connectivity index (χ1) is 65.6. The predicted octanol–water partition coefficient (Wildman–Crippen LogP) is 17.8. The molecule has 9 rings (SSSR count). The molecule has 0 saturated carbocycles. The number of benzene rings is 7. The molecule has 2 saturated heterocycles. The van der Waals surface area contributed by atoms with Gasteiger partial charge in [-0.1, -0.05) is 224 Å². The summed E-state index contributed by atoms with van der Waals surface area (Å²) in [5, 5.41) is 35.2. The van der Waals surface area contributed by atoms with E-state index in [0.717, 1.165) is 97.4 Å². The summed E-state index contributed by atoms with van der Waals surface area (Å²) in [6.07, 6.45) is 11.2. The van der Waals surface area contributed by atoms with Crippen molar-refractivity contribution in [3.8, 4) is 6.07 Å². The number of aliphatic hydroxyl groups is 1. The molecule has 750 valence electrons. The first-order valence-electron chi connectivity index (χ1n) is 43.8. The number of azide groups is 1. The Labute approximate surface area is 849 Å². The third-order valence-electron chi connectivity index (χ3n) is 18.0. The second-order valence-corrected chi connectivity index (χ2v) is 35.6. The molecule has 7 aromatic carbocycles. The summed E-state index contributed by atoms with van der Waals surface area (Å²) in [5.74, 6) is -0.400. The number of likely N-dealkylation sites (N-methyl/N-ethyl adjacent to an activating group) is 4. The van der Waals surface area contributed by atoms with Crippen LogP contribution < -0.4 is 43.4 Å². The molecular formula is C100H141Cl6N16O14Sn+. The van der Waals surface area contributed by atoms with Gasteiger partial charge >= 0.3 is 66.5 Å². The van der Waals surface area contributed by atoms with Crippen LogP contribution in [-0.4, -0.2) is 268 Å². The van der Waals surface area contributed by atoms with Gasteiger partial charge in [0.25, 0.3) is 5.91 Å². The first-order valence-corrected chi connectivity index (χ1v) is 52.8. The average Bonchev–Trinajstić information content (AvgIpc) is 0.842. The zero-order valence-corrected chi connectivity index (χ0v) is 87.9. The molecule has 2 heterocycles.